The van der Waals surface area contributed by atoms with Gasteiger partial charge in [-0.2, -0.15) is 0 Å². The third-order valence-electron chi connectivity index (χ3n) is 4.48. The Bertz CT molecular complexity index is 914. The molecule has 9 heteroatoms. The molecule has 3 atom stereocenters. The van der Waals surface area contributed by atoms with Gasteiger partial charge in [-0.15, -0.1) is 0 Å². The van der Waals surface area contributed by atoms with Crippen molar-refractivity contribution < 1.29 is 19.1 Å². The van der Waals surface area contributed by atoms with Gasteiger partial charge in [0, 0.05) is 24.4 Å². The maximum atomic E-state index is 14.3. The predicted octanol–water partition coefficient (Wildman–Crippen LogP) is 0.182. The number of rotatable bonds is 4. The SMILES string of the molecule is NC(=O)[C@H]1C[C@@H](C(=O)Nc2ccc(-n3ccncc3=O)cc2F)C[C@@H]1O. The van der Waals surface area contributed by atoms with Gasteiger partial charge >= 0.3 is 0 Å². The van der Waals surface area contributed by atoms with Crippen LogP contribution in [0, 0.1) is 17.7 Å². The van der Waals surface area contributed by atoms with Crippen molar-refractivity contribution in [2.45, 2.75) is 18.9 Å². The molecule has 4 N–H and O–H groups in total. The lowest BCUT2D eigenvalue weighted by Crippen LogP contribution is -2.29. The van der Waals surface area contributed by atoms with E-state index in [1.807, 2.05) is 0 Å². The number of nitrogens with two attached hydrogens (primary N) is 1. The van der Waals surface area contributed by atoms with Gasteiger partial charge in [-0.25, -0.2) is 4.39 Å². The standard InChI is InChI=1S/C17H17FN4O4/c18-12-7-10(22-4-3-20-8-15(22)24)1-2-13(12)21-17(26)9-5-11(16(19)25)14(23)6-9/h1-4,7-9,11,14,23H,5-6H2,(H2,19,25)(H,21,26)/t9-,11+,14+/m1/s1. The molecule has 1 aromatic carbocycles. The van der Waals surface area contributed by atoms with E-state index in [0.29, 0.717) is 0 Å². The van der Waals surface area contributed by atoms with Crippen LogP contribution in [0.25, 0.3) is 5.69 Å². The van der Waals surface area contributed by atoms with Gasteiger partial charge in [0.2, 0.25) is 11.8 Å². The summed E-state index contributed by atoms with van der Waals surface area (Å²) < 4.78 is 15.5. The van der Waals surface area contributed by atoms with Crippen LogP contribution in [-0.2, 0) is 9.59 Å². The van der Waals surface area contributed by atoms with Gasteiger partial charge in [-0.1, -0.05) is 0 Å². The Balaban J connectivity index is 1.75. The molecule has 2 amide bonds. The van der Waals surface area contributed by atoms with E-state index in [1.165, 1.54) is 29.1 Å². The second-order valence-corrected chi connectivity index (χ2v) is 6.18. The maximum absolute atomic E-state index is 14.3. The monoisotopic (exact) mass is 360 g/mol. The van der Waals surface area contributed by atoms with Crippen molar-refractivity contribution >= 4 is 17.5 Å². The van der Waals surface area contributed by atoms with Crippen LogP contribution >= 0.6 is 0 Å². The Morgan fingerprint density at radius 1 is 1.35 bits per heavy atom. The second-order valence-electron chi connectivity index (χ2n) is 6.18. The number of nitrogens with one attached hydrogen (secondary N) is 1. The molecule has 0 spiro atoms. The lowest BCUT2D eigenvalue weighted by atomic mass is 10.0. The number of carbonyl (C=O) groups is 2. The van der Waals surface area contributed by atoms with E-state index >= 15 is 0 Å². The maximum Gasteiger partial charge on any atom is 0.273 e. The molecule has 1 aromatic heterocycles. The zero-order chi connectivity index (χ0) is 18.8. The molecule has 1 saturated carbocycles. The number of halogens is 1. The Labute approximate surface area is 147 Å². The molecule has 26 heavy (non-hydrogen) atoms. The summed E-state index contributed by atoms with van der Waals surface area (Å²) in [4.78, 5) is 38.9. The number of hydrogen-bond donors (Lipinski definition) is 3. The topological polar surface area (TPSA) is 127 Å². The minimum Gasteiger partial charge on any atom is -0.392 e. The van der Waals surface area contributed by atoms with E-state index in [0.717, 1.165) is 12.3 Å². The Morgan fingerprint density at radius 3 is 2.73 bits per heavy atom. The molecule has 2 aromatic rings. The number of aliphatic hydroxyl groups excluding tert-OH is 1. The minimum atomic E-state index is -0.978. The van der Waals surface area contributed by atoms with Crippen LogP contribution in [0.5, 0.6) is 0 Å². The first-order chi connectivity index (χ1) is 12.4. The molecule has 0 radical (unpaired) electrons. The van der Waals surface area contributed by atoms with E-state index in [-0.39, 0.29) is 24.2 Å². The number of anilines is 1. The summed E-state index contributed by atoms with van der Waals surface area (Å²) in [6.07, 6.45) is 3.14. The first-order valence-electron chi connectivity index (χ1n) is 7.97. The van der Waals surface area contributed by atoms with E-state index in [9.17, 15) is 23.9 Å². The highest BCUT2D eigenvalue weighted by atomic mass is 19.1. The molecule has 0 unspecified atom stereocenters. The average molecular weight is 360 g/mol. The van der Waals surface area contributed by atoms with Crippen molar-refractivity contribution in [2.24, 2.45) is 17.6 Å². The molecule has 1 fully saturated rings. The molecule has 0 saturated heterocycles. The zero-order valence-corrected chi connectivity index (χ0v) is 13.6. The van der Waals surface area contributed by atoms with Crippen molar-refractivity contribution in [1.29, 1.82) is 0 Å². The van der Waals surface area contributed by atoms with Crippen molar-refractivity contribution in [1.82, 2.24) is 9.55 Å². The number of benzene rings is 1. The number of carbonyl (C=O) groups excluding carboxylic acids is 2. The highest BCUT2D eigenvalue weighted by molar-refractivity contribution is 5.93. The van der Waals surface area contributed by atoms with Gasteiger partial charge in [0.1, 0.15) is 5.82 Å². The van der Waals surface area contributed by atoms with Gasteiger partial charge in [0.15, 0.2) is 0 Å². The molecule has 3 rings (SSSR count). The van der Waals surface area contributed by atoms with E-state index in [1.54, 1.807) is 0 Å². The summed E-state index contributed by atoms with van der Waals surface area (Å²) >= 11 is 0. The predicted molar refractivity (Wildman–Crippen MR) is 89.8 cm³/mol. The van der Waals surface area contributed by atoms with Crippen LogP contribution < -0.4 is 16.6 Å². The highest BCUT2D eigenvalue weighted by Crippen LogP contribution is 2.32. The first kappa shape index (κ1) is 17.7. The molecule has 1 aliphatic carbocycles. The van der Waals surface area contributed by atoms with Gasteiger partial charge in [0.25, 0.3) is 5.56 Å². The number of amides is 2. The summed E-state index contributed by atoms with van der Waals surface area (Å²) in [6, 6.07) is 3.94. The fraction of sp³-hybridized carbons (Fsp3) is 0.294. The number of nitrogens with zero attached hydrogens (tertiary/aromatic N) is 2. The fourth-order valence-corrected chi connectivity index (χ4v) is 3.09. The quantitative estimate of drug-likeness (QED) is 0.717. The van der Waals surface area contributed by atoms with Crippen LogP contribution in [0.4, 0.5) is 10.1 Å². The van der Waals surface area contributed by atoms with Gasteiger partial charge in [-0.05, 0) is 25.0 Å². The molecule has 1 heterocycles. The first-order valence-corrected chi connectivity index (χ1v) is 7.97. The van der Waals surface area contributed by atoms with Crippen LogP contribution in [0.3, 0.4) is 0 Å². The Morgan fingerprint density at radius 2 is 2.12 bits per heavy atom. The molecule has 136 valence electrons. The van der Waals surface area contributed by atoms with Crippen molar-refractivity contribution in [3.8, 4) is 5.69 Å². The van der Waals surface area contributed by atoms with Crippen molar-refractivity contribution in [3.05, 3.63) is 53.0 Å². The fourth-order valence-electron chi connectivity index (χ4n) is 3.09. The summed E-state index contributed by atoms with van der Waals surface area (Å²) in [6.45, 7) is 0. The Kier molecular flexibility index (Phi) is 4.81. The van der Waals surface area contributed by atoms with Gasteiger partial charge in [0.05, 0.1) is 29.6 Å². The molecule has 8 nitrogen and oxygen atoms in total. The summed E-state index contributed by atoms with van der Waals surface area (Å²) in [5, 5.41) is 12.2. The van der Waals surface area contributed by atoms with Crippen LogP contribution in [0.15, 0.2) is 41.6 Å². The smallest absolute Gasteiger partial charge is 0.273 e. The van der Waals surface area contributed by atoms with E-state index in [4.69, 9.17) is 5.73 Å². The number of hydrogen-bond acceptors (Lipinski definition) is 5. The minimum absolute atomic E-state index is 0.0575. The van der Waals surface area contributed by atoms with Crippen LogP contribution in [-0.4, -0.2) is 32.6 Å². The average Bonchev–Trinajstić information content (AvgIpc) is 2.99. The van der Waals surface area contributed by atoms with Crippen molar-refractivity contribution in [2.75, 3.05) is 5.32 Å². The molecule has 1 aliphatic rings. The van der Waals surface area contributed by atoms with Crippen LogP contribution in [0.2, 0.25) is 0 Å². The Hall–Kier alpha value is -3.07. The third-order valence-corrected chi connectivity index (χ3v) is 4.48. The van der Waals surface area contributed by atoms with Gasteiger partial charge < -0.3 is 16.2 Å². The molecule has 0 bridgehead atoms. The van der Waals surface area contributed by atoms with E-state index in [2.05, 4.69) is 10.3 Å². The van der Waals surface area contributed by atoms with E-state index < -0.39 is 41.1 Å². The summed E-state index contributed by atoms with van der Waals surface area (Å²) in [5.74, 6) is -3.29. The number of primary amides is 1. The number of aromatic nitrogens is 2. The summed E-state index contributed by atoms with van der Waals surface area (Å²) in [5.41, 5.74) is 5.01. The molecular weight excluding hydrogens is 343 g/mol. The third kappa shape index (κ3) is 3.47. The lowest BCUT2D eigenvalue weighted by Gasteiger charge is -2.12. The number of aliphatic hydroxyl groups is 1. The van der Waals surface area contributed by atoms with Gasteiger partial charge in [-0.3, -0.25) is 23.9 Å². The second kappa shape index (κ2) is 7.04. The molecular formula is C17H17FN4O4. The normalized spacial score (nSPS) is 22.2. The van der Waals surface area contributed by atoms with Crippen molar-refractivity contribution in [3.63, 3.8) is 0 Å². The zero-order valence-electron chi connectivity index (χ0n) is 13.6. The van der Waals surface area contributed by atoms with Crippen LogP contribution in [0.1, 0.15) is 12.8 Å². The lowest BCUT2D eigenvalue weighted by molar-refractivity contribution is -0.124. The largest absolute Gasteiger partial charge is 0.392 e. The molecule has 0 aliphatic heterocycles. The highest BCUT2D eigenvalue weighted by Gasteiger charge is 2.40. The summed E-state index contributed by atoms with van der Waals surface area (Å²) in [7, 11) is 0.